The van der Waals surface area contributed by atoms with Gasteiger partial charge in [-0.2, -0.15) is 0 Å². The molecule has 2 aliphatic rings. The molecule has 2 nitrogen and oxygen atoms in total. The number of aryl methyl sites for hydroxylation is 2. The quantitative estimate of drug-likeness (QED) is 0.383. The summed E-state index contributed by atoms with van der Waals surface area (Å²) in [5.74, 6) is 1.46. The largest absolute Gasteiger partial charge is 0.212 e. The van der Waals surface area contributed by atoms with Gasteiger partial charge in [0.25, 0.3) is 0 Å². The summed E-state index contributed by atoms with van der Waals surface area (Å²) < 4.78 is 4.60. The minimum absolute atomic E-state index is 0.729. The number of pyridine rings is 2. The first-order valence-electron chi connectivity index (χ1n) is 13.2. The van der Waals surface area contributed by atoms with Crippen LogP contribution in [0.1, 0.15) is 92.7 Å². The van der Waals surface area contributed by atoms with Crippen LogP contribution in [-0.2, 0) is 14.1 Å². The summed E-state index contributed by atoms with van der Waals surface area (Å²) in [6.45, 7) is 2.31. The van der Waals surface area contributed by atoms with E-state index in [9.17, 15) is 0 Å². The van der Waals surface area contributed by atoms with Crippen LogP contribution in [0.5, 0.6) is 0 Å². The first-order valence-corrected chi connectivity index (χ1v) is 13.2. The molecule has 0 radical (unpaired) electrons. The molecule has 3 aromatic rings. The summed E-state index contributed by atoms with van der Waals surface area (Å²) in [5, 5.41) is 0. The fourth-order valence-corrected chi connectivity index (χ4v) is 6.28. The predicted molar refractivity (Wildman–Crippen MR) is 136 cm³/mol. The van der Waals surface area contributed by atoms with Crippen LogP contribution in [0.4, 0.5) is 0 Å². The smallest absolute Gasteiger partial charge is 0.201 e. The lowest BCUT2D eigenvalue weighted by molar-refractivity contribution is -0.660. The highest BCUT2D eigenvalue weighted by atomic mass is 14.9. The number of rotatable bonds is 4. The van der Waals surface area contributed by atoms with Crippen LogP contribution < -0.4 is 9.13 Å². The van der Waals surface area contributed by atoms with Crippen molar-refractivity contribution >= 4 is 0 Å². The lowest BCUT2D eigenvalue weighted by atomic mass is 9.83. The van der Waals surface area contributed by atoms with E-state index < -0.39 is 0 Å². The van der Waals surface area contributed by atoms with Crippen LogP contribution in [0.25, 0.3) is 22.5 Å². The van der Waals surface area contributed by atoms with Gasteiger partial charge in [-0.1, -0.05) is 44.6 Å². The molecule has 2 aromatic heterocycles. The van der Waals surface area contributed by atoms with Crippen molar-refractivity contribution in [2.24, 2.45) is 14.1 Å². The molecule has 0 spiro atoms. The van der Waals surface area contributed by atoms with Crippen molar-refractivity contribution in [3.05, 3.63) is 71.5 Å². The zero-order valence-corrected chi connectivity index (χ0v) is 20.8. The van der Waals surface area contributed by atoms with Crippen LogP contribution in [-0.4, -0.2) is 0 Å². The Kier molecular flexibility index (Phi) is 6.62. The van der Waals surface area contributed by atoms with Crippen LogP contribution in [0, 0.1) is 6.92 Å². The Morgan fingerprint density at radius 2 is 1.03 bits per heavy atom. The van der Waals surface area contributed by atoms with Gasteiger partial charge in [-0.15, -0.1) is 0 Å². The molecule has 0 aliphatic heterocycles. The molecule has 2 saturated carbocycles. The van der Waals surface area contributed by atoms with Gasteiger partial charge in [0.15, 0.2) is 12.4 Å². The highest BCUT2D eigenvalue weighted by Gasteiger charge is 2.24. The molecule has 0 N–H and O–H groups in total. The maximum Gasteiger partial charge on any atom is 0.212 e. The van der Waals surface area contributed by atoms with E-state index in [2.05, 4.69) is 85.0 Å². The molecule has 172 valence electrons. The van der Waals surface area contributed by atoms with Gasteiger partial charge in [-0.05, 0) is 73.3 Å². The first-order chi connectivity index (χ1) is 16.1. The van der Waals surface area contributed by atoms with Gasteiger partial charge in [0.2, 0.25) is 11.4 Å². The SMILES string of the molecule is Cc1c(-c2cc(C3CCCCC3)cc[n+]2C)cccc1-c1cc(C2CCCCC2)cc[n+]1C. The second kappa shape index (κ2) is 9.79. The molecule has 1 aromatic carbocycles. The third kappa shape index (κ3) is 4.63. The molecule has 5 rings (SSSR count). The number of hydrogen-bond donors (Lipinski definition) is 0. The first kappa shape index (κ1) is 22.3. The fraction of sp³-hybridized carbons (Fsp3) is 0.484. The van der Waals surface area contributed by atoms with Gasteiger partial charge in [-0.25, -0.2) is 9.13 Å². The normalized spacial score (nSPS) is 17.9. The van der Waals surface area contributed by atoms with Crippen LogP contribution in [0.2, 0.25) is 0 Å². The zero-order valence-electron chi connectivity index (χ0n) is 20.8. The molecule has 0 unspecified atom stereocenters. The van der Waals surface area contributed by atoms with Crippen molar-refractivity contribution in [3.8, 4) is 22.5 Å². The summed E-state index contributed by atoms with van der Waals surface area (Å²) in [6.07, 6.45) is 18.2. The summed E-state index contributed by atoms with van der Waals surface area (Å²) in [6, 6.07) is 16.5. The monoisotopic (exact) mass is 440 g/mol. The van der Waals surface area contributed by atoms with Crippen molar-refractivity contribution in [1.82, 2.24) is 0 Å². The minimum Gasteiger partial charge on any atom is -0.201 e. The fourth-order valence-electron chi connectivity index (χ4n) is 6.28. The standard InChI is InChI=1S/C31H40N2/c1-23-28(30-21-26(17-19-32(30)2)24-11-6-4-7-12-24)15-10-16-29(23)31-22-27(18-20-33(31)3)25-13-8-5-9-14-25/h10,15-22,24-25H,4-9,11-14H2,1-3H3/q+2. The van der Waals surface area contributed by atoms with Crippen LogP contribution in [0.15, 0.2) is 54.9 Å². The molecule has 0 saturated heterocycles. The Morgan fingerprint density at radius 3 is 1.45 bits per heavy atom. The van der Waals surface area contributed by atoms with Gasteiger partial charge in [0.05, 0.1) is 0 Å². The van der Waals surface area contributed by atoms with Crippen molar-refractivity contribution in [2.75, 3.05) is 0 Å². The maximum atomic E-state index is 2.47. The average molecular weight is 441 g/mol. The van der Waals surface area contributed by atoms with Gasteiger partial charge in [0.1, 0.15) is 14.1 Å². The Hall–Kier alpha value is -2.48. The highest BCUT2D eigenvalue weighted by molar-refractivity contribution is 5.73. The highest BCUT2D eigenvalue weighted by Crippen LogP contribution is 2.37. The molecular formula is C31H40N2+2. The van der Waals surface area contributed by atoms with Crippen molar-refractivity contribution < 1.29 is 9.13 Å². The second-order valence-corrected chi connectivity index (χ2v) is 10.6. The van der Waals surface area contributed by atoms with Gasteiger partial charge >= 0.3 is 0 Å². The topological polar surface area (TPSA) is 7.76 Å². The van der Waals surface area contributed by atoms with Crippen molar-refractivity contribution in [3.63, 3.8) is 0 Å². The maximum absolute atomic E-state index is 2.47. The number of hydrogen-bond acceptors (Lipinski definition) is 0. The third-order valence-corrected chi connectivity index (χ3v) is 8.39. The molecule has 2 aliphatic carbocycles. The van der Waals surface area contributed by atoms with Crippen LogP contribution >= 0.6 is 0 Å². The van der Waals surface area contributed by atoms with E-state index in [-0.39, 0.29) is 0 Å². The van der Waals surface area contributed by atoms with E-state index in [1.165, 1.54) is 103 Å². The second-order valence-electron chi connectivity index (χ2n) is 10.6. The molecule has 33 heavy (non-hydrogen) atoms. The molecule has 2 heterocycles. The average Bonchev–Trinajstić information content (AvgIpc) is 2.86. The van der Waals surface area contributed by atoms with E-state index in [0.717, 1.165) is 11.8 Å². The Morgan fingerprint density at radius 1 is 0.606 bits per heavy atom. The number of aromatic nitrogens is 2. The lowest BCUT2D eigenvalue weighted by Crippen LogP contribution is -2.32. The van der Waals surface area contributed by atoms with E-state index in [1.54, 1.807) is 0 Å². The summed E-state index contributed by atoms with van der Waals surface area (Å²) in [7, 11) is 4.38. The lowest BCUT2D eigenvalue weighted by Gasteiger charge is -2.22. The summed E-state index contributed by atoms with van der Waals surface area (Å²) in [4.78, 5) is 0. The predicted octanol–water partition coefficient (Wildman–Crippen LogP) is 7.07. The van der Waals surface area contributed by atoms with Gasteiger partial charge < -0.3 is 0 Å². The number of nitrogens with zero attached hydrogens (tertiary/aromatic N) is 2. The minimum atomic E-state index is 0.729. The molecule has 2 heteroatoms. The molecule has 0 bridgehead atoms. The van der Waals surface area contributed by atoms with E-state index >= 15 is 0 Å². The molecule has 2 fully saturated rings. The van der Waals surface area contributed by atoms with Crippen LogP contribution in [0.3, 0.4) is 0 Å². The Bertz CT molecular complexity index is 1030. The molecule has 0 amide bonds. The van der Waals surface area contributed by atoms with E-state index in [1.807, 2.05) is 0 Å². The van der Waals surface area contributed by atoms with Crippen molar-refractivity contribution in [2.45, 2.75) is 83.0 Å². The van der Waals surface area contributed by atoms with Crippen molar-refractivity contribution in [1.29, 1.82) is 0 Å². The van der Waals surface area contributed by atoms with E-state index in [4.69, 9.17) is 0 Å². The summed E-state index contributed by atoms with van der Waals surface area (Å²) >= 11 is 0. The van der Waals surface area contributed by atoms with Gasteiger partial charge in [0, 0.05) is 35.4 Å². The molecule has 0 atom stereocenters. The Labute approximate surface area is 200 Å². The van der Waals surface area contributed by atoms with Gasteiger partial charge in [-0.3, -0.25) is 0 Å². The number of benzene rings is 1. The third-order valence-electron chi connectivity index (χ3n) is 8.39. The van der Waals surface area contributed by atoms with E-state index in [0.29, 0.717) is 0 Å². The summed E-state index contributed by atoms with van der Waals surface area (Å²) in [5.41, 5.74) is 9.82. The molecular weight excluding hydrogens is 400 g/mol. The Balaban J connectivity index is 1.54. The zero-order chi connectivity index (χ0) is 22.8.